The van der Waals surface area contributed by atoms with E-state index in [2.05, 4.69) is 16.0 Å². The van der Waals surface area contributed by atoms with Crippen molar-refractivity contribution >= 4 is 29.5 Å². The number of amides is 5. The van der Waals surface area contributed by atoms with E-state index in [0.29, 0.717) is 32.2 Å². The van der Waals surface area contributed by atoms with Crippen LogP contribution in [0.5, 0.6) is 0 Å². The molecule has 0 radical (unpaired) electrons. The van der Waals surface area contributed by atoms with E-state index in [-0.39, 0.29) is 24.7 Å². The van der Waals surface area contributed by atoms with Crippen molar-refractivity contribution in [3.8, 4) is 0 Å². The molecule has 0 aliphatic rings. The van der Waals surface area contributed by atoms with Gasteiger partial charge in [0.1, 0.15) is 18.1 Å². The minimum atomic E-state index is -1.06. The second kappa shape index (κ2) is 18.0. The Morgan fingerprint density at radius 2 is 1.48 bits per heavy atom. The van der Waals surface area contributed by atoms with Crippen LogP contribution < -0.4 is 32.9 Å². The number of hydrogen-bond donors (Lipinski definition) is 7. The van der Waals surface area contributed by atoms with Gasteiger partial charge in [0.05, 0.1) is 0 Å². The Kier molecular flexibility index (Phi) is 15.5. The predicted octanol–water partition coefficient (Wildman–Crippen LogP) is 0.512. The third kappa shape index (κ3) is 12.6. The molecule has 0 aliphatic heterocycles. The summed E-state index contributed by atoms with van der Waals surface area (Å²) >= 11 is 0. The van der Waals surface area contributed by atoms with Crippen molar-refractivity contribution in [3.63, 3.8) is 0 Å². The second-order valence-corrected chi connectivity index (χ2v) is 10.8. The number of carbonyl (C=O) groups is 5. The van der Waals surface area contributed by atoms with E-state index >= 15 is 0 Å². The average Bonchev–Trinajstić information content (AvgIpc) is 2.90. The van der Waals surface area contributed by atoms with E-state index in [1.807, 2.05) is 32.0 Å². The number of benzene rings is 1. The number of primary amides is 1. The van der Waals surface area contributed by atoms with Crippen LogP contribution in [0, 0.1) is 17.8 Å². The molecule has 0 spiro atoms. The van der Waals surface area contributed by atoms with Crippen molar-refractivity contribution in [2.75, 3.05) is 6.54 Å². The summed E-state index contributed by atoms with van der Waals surface area (Å²) in [6, 6.07) is 6.06. The standard InChI is InChI=1S/C28H46N6O6/c1-17(2)14-20(16-23(35)34-40)26(37)33-24(18(3)4)28(39)32-22(15-19-10-6-5-7-11-19)27(38)31-21(25(30)36)12-8-9-13-29/h5-7,10-11,17-18,20-22,24,40H,8-9,12-16,29H2,1-4H3,(H2,30,36)(H,31,38)(H,32,39)(H,33,37)(H,34,35)/t20-,21+,22+,24+/m1/s1. The fourth-order valence-electron chi connectivity index (χ4n) is 4.30. The molecule has 0 aromatic heterocycles. The van der Waals surface area contributed by atoms with Crippen LogP contribution in [0.3, 0.4) is 0 Å². The topological polar surface area (TPSA) is 206 Å². The molecule has 0 unspecified atom stereocenters. The molecule has 12 heteroatoms. The maximum atomic E-state index is 13.4. The molecule has 0 saturated heterocycles. The van der Waals surface area contributed by atoms with Crippen LogP contribution in [0.25, 0.3) is 0 Å². The summed E-state index contributed by atoms with van der Waals surface area (Å²) in [6.07, 6.45) is 1.82. The molecule has 0 saturated carbocycles. The number of nitrogens with one attached hydrogen (secondary N) is 4. The summed E-state index contributed by atoms with van der Waals surface area (Å²) in [7, 11) is 0. The maximum absolute atomic E-state index is 13.4. The van der Waals surface area contributed by atoms with Gasteiger partial charge in [-0.25, -0.2) is 5.48 Å². The lowest BCUT2D eigenvalue weighted by atomic mass is 9.92. The minimum Gasteiger partial charge on any atom is -0.368 e. The van der Waals surface area contributed by atoms with Gasteiger partial charge in [0.25, 0.3) is 0 Å². The fraction of sp³-hybridized carbons (Fsp3) is 0.607. The lowest BCUT2D eigenvalue weighted by Crippen LogP contribution is -2.58. The van der Waals surface area contributed by atoms with Gasteiger partial charge < -0.3 is 27.4 Å². The molecular weight excluding hydrogens is 516 g/mol. The normalized spacial score (nSPS) is 14.1. The van der Waals surface area contributed by atoms with Crippen LogP contribution in [-0.2, 0) is 30.4 Å². The summed E-state index contributed by atoms with van der Waals surface area (Å²) < 4.78 is 0. The zero-order valence-corrected chi connectivity index (χ0v) is 23.9. The van der Waals surface area contributed by atoms with Gasteiger partial charge in [0, 0.05) is 18.8 Å². The van der Waals surface area contributed by atoms with Crippen molar-refractivity contribution in [1.82, 2.24) is 21.4 Å². The van der Waals surface area contributed by atoms with Gasteiger partial charge in [-0.3, -0.25) is 29.2 Å². The number of nitrogens with two attached hydrogens (primary N) is 2. The fourth-order valence-corrected chi connectivity index (χ4v) is 4.30. The number of unbranched alkanes of at least 4 members (excludes halogenated alkanes) is 1. The van der Waals surface area contributed by atoms with Gasteiger partial charge in [0.2, 0.25) is 29.5 Å². The molecule has 1 aromatic rings. The van der Waals surface area contributed by atoms with Crippen LogP contribution in [0.2, 0.25) is 0 Å². The maximum Gasteiger partial charge on any atom is 0.244 e. The van der Waals surface area contributed by atoms with Crippen molar-refractivity contribution in [3.05, 3.63) is 35.9 Å². The molecule has 1 aromatic carbocycles. The van der Waals surface area contributed by atoms with Crippen LogP contribution in [0.15, 0.2) is 30.3 Å². The molecule has 0 fully saturated rings. The Hall–Kier alpha value is -3.51. The third-order valence-corrected chi connectivity index (χ3v) is 6.45. The highest BCUT2D eigenvalue weighted by atomic mass is 16.5. The second-order valence-electron chi connectivity index (χ2n) is 10.8. The Balaban J connectivity index is 3.14. The Morgan fingerprint density at radius 3 is 2.00 bits per heavy atom. The number of hydroxylamine groups is 1. The van der Waals surface area contributed by atoms with Crippen LogP contribution >= 0.6 is 0 Å². The quantitative estimate of drug-likeness (QED) is 0.0766. The summed E-state index contributed by atoms with van der Waals surface area (Å²) in [5.74, 6) is -4.13. The monoisotopic (exact) mass is 562 g/mol. The van der Waals surface area contributed by atoms with Crippen LogP contribution in [-0.4, -0.2) is 59.4 Å². The molecule has 0 bridgehead atoms. The molecule has 5 amide bonds. The lowest BCUT2D eigenvalue weighted by molar-refractivity contribution is -0.137. The number of rotatable bonds is 18. The molecule has 1 rings (SSSR count). The first-order chi connectivity index (χ1) is 18.9. The molecule has 9 N–H and O–H groups in total. The Labute approximate surface area is 236 Å². The molecular formula is C28H46N6O6. The van der Waals surface area contributed by atoms with Crippen molar-refractivity contribution in [2.24, 2.45) is 29.2 Å². The lowest BCUT2D eigenvalue weighted by Gasteiger charge is -2.28. The van der Waals surface area contributed by atoms with E-state index in [9.17, 15) is 24.0 Å². The van der Waals surface area contributed by atoms with Gasteiger partial charge in [0.15, 0.2) is 0 Å². The molecule has 4 atom stereocenters. The Morgan fingerprint density at radius 1 is 0.850 bits per heavy atom. The zero-order valence-electron chi connectivity index (χ0n) is 23.9. The van der Waals surface area contributed by atoms with Crippen LogP contribution in [0.1, 0.15) is 65.4 Å². The minimum absolute atomic E-state index is 0.0792. The van der Waals surface area contributed by atoms with E-state index in [1.54, 1.807) is 31.5 Å². The largest absolute Gasteiger partial charge is 0.368 e. The van der Waals surface area contributed by atoms with E-state index < -0.39 is 53.6 Å². The van der Waals surface area contributed by atoms with E-state index in [4.69, 9.17) is 16.7 Å². The SMILES string of the molecule is CC(C)C[C@H](CC(=O)NO)C(=O)N[C@H](C(=O)N[C@@H](Cc1ccccc1)C(=O)N[C@@H](CCCCN)C(N)=O)C(C)C. The smallest absolute Gasteiger partial charge is 0.244 e. The summed E-state index contributed by atoms with van der Waals surface area (Å²) in [5.41, 5.74) is 13.4. The summed E-state index contributed by atoms with van der Waals surface area (Å²) in [6.45, 7) is 7.72. The first-order valence-electron chi connectivity index (χ1n) is 13.8. The molecule has 224 valence electrons. The van der Waals surface area contributed by atoms with Crippen molar-refractivity contribution in [2.45, 2.75) is 84.3 Å². The molecule has 40 heavy (non-hydrogen) atoms. The van der Waals surface area contributed by atoms with Crippen molar-refractivity contribution in [1.29, 1.82) is 0 Å². The first-order valence-corrected chi connectivity index (χ1v) is 13.8. The highest BCUT2D eigenvalue weighted by Crippen LogP contribution is 2.17. The number of hydrogen-bond acceptors (Lipinski definition) is 7. The molecule has 0 aliphatic carbocycles. The van der Waals surface area contributed by atoms with Crippen LogP contribution in [0.4, 0.5) is 0 Å². The zero-order chi connectivity index (χ0) is 30.2. The van der Waals surface area contributed by atoms with E-state index in [1.165, 1.54) is 0 Å². The van der Waals surface area contributed by atoms with E-state index in [0.717, 1.165) is 5.56 Å². The summed E-state index contributed by atoms with van der Waals surface area (Å²) in [4.78, 5) is 63.6. The highest BCUT2D eigenvalue weighted by Gasteiger charge is 2.32. The Bertz CT molecular complexity index is 971. The first kappa shape index (κ1) is 34.5. The highest BCUT2D eigenvalue weighted by molar-refractivity contribution is 5.95. The van der Waals surface area contributed by atoms with Crippen molar-refractivity contribution < 1.29 is 29.2 Å². The molecule has 0 heterocycles. The average molecular weight is 563 g/mol. The van der Waals surface area contributed by atoms with Gasteiger partial charge in [-0.1, -0.05) is 58.0 Å². The van der Waals surface area contributed by atoms with Gasteiger partial charge in [-0.2, -0.15) is 0 Å². The number of carbonyl (C=O) groups excluding carboxylic acids is 5. The van der Waals surface area contributed by atoms with Gasteiger partial charge >= 0.3 is 0 Å². The van der Waals surface area contributed by atoms with Gasteiger partial charge in [-0.15, -0.1) is 0 Å². The summed E-state index contributed by atoms with van der Waals surface area (Å²) in [5, 5.41) is 17.0. The molecule has 12 nitrogen and oxygen atoms in total. The third-order valence-electron chi connectivity index (χ3n) is 6.45. The predicted molar refractivity (Wildman–Crippen MR) is 150 cm³/mol. The van der Waals surface area contributed by atoms with Gasteiger partial charge in [-0.05, 0) is 49.6 Å².